The first-order valence-corrected chi connectivity index (χ1v) is 6.63. The van der Waals surface area contributed by atoms with Crippen LogP contribution in [0.15, 0.2) is 6.07 Å². The fourth-order valence-corrected chi connectivity index (χ4v) is 2.37. The lowest BCUT2D eigenvalue weighted by Gasteiger charge is -2.16. The van der Waals surface area contributed by atoms with Crippen LogP contribution in [0.25, 0.3) is 0 Å². The number of aromatic nitrogens is 1. The minimum absolute atomic E-state index is 0.0245. The molecule has 1 aliphatic carbocycles. The van der Waals surface area contributed by atoms with Gasteiger partial charge in [0.15, 0.2) is 23.3 Å². The molecular formula is C13H19F2N3O. The molecule has 106 valence electrons. The Hall–Kier alpha value is -1.43. The monoisotopic (exact) mass is 271 g/mol. The lowest BCUT2D eigenvalue weighted by Crippen LogP contribution is -2.23. The maximum absolute atomic E-state index is 13.6. The summed E-state index contributed by atoms with van der Waals surface area (Å²) in [5.74, 6) is -1.25. The second-order valence-corrected chi connectivity index (χ2v) is 4.82. The van der Waals surface area contributed by atoms with Gasteiger partial charge in [-0.1, -0.05) is 6.42 Å². The molecule has 0 saturated heterocycles. The Morgan fingerprint density at radius 1 is 1.26 bits per heavy atom. The lowest BCUT2D eigenvalue weighted by atomic mass is 10.1. The number of pyridine rings is 1. The number of halogens is 2. The van der Waals surface area contributed by atoms with E-state index in [0.717, 1.165) is 25.3 Å². The molecule has 0 aliphatic heterocycles. The van der Waals surface area contributed by atoms with E-state index in [2.05, 4.69) is 15.6 Å². The number of aliphatic hydroxyl groups excluding tert-OH is 1. The minimum atomic E-state index is -0.716. The number of nitrogens with zero attached hydrogens (tertiary/aromatic N) is 1. The molecule has 1 aromatic heterocycles. The van der Waals surface area contributed by atoms with Crippen LogP contribution in [0, 0.1) is 17.6 Å². The summed E-state index contributed by atoms with van der Waals surface area (Å²) in [6.07, 6.45) is 2.34. The highest BCUT2D eigenvalue weighted by atomic mass is 19.1. The normalized spacial score (nSPS) is 22.5. The molecule has 6 heteroatoms. The van der Waals surface area contributed by atoms with Gasteiger partial charge in [-0.25, -0.2) is 13.8 Å². The SMILES string of the molecule is CCNc1nc(NCC2CCCC2O)c(F)cc1F. The largest absolute Gasteiger partial charge is 0.393 e. The number of anilines is 2. The second-order valence-electron chi connectivity index (χ2n) is 4.82. The number of hydrogen-bond acceptors (Lipinski definition) is 4. The van der Waals surface area contributed by atoms with Gasteiger partial charge in [0.2, 0.25) is 0 Å². The van der Waals surface area contributed by atoms with E-state index in [1.165, 1.54) is 0 Å². The molecule has 1 heterocycles. The van der Waals surface area contributed by atoms with Gasteiger partial charge in [0.05, 0.1) is 6.10 Å². The molecule has 0 radical (unpaired) electrons. The molecular weight excluding hydrogens is 252 g/mol. The quantitative estimate of drug-likeness (QED) is 0.769. The molecule has 2 rings (SSSR count). The molecule has 1 saturated carbocycles. The molecule has 0 bridgehead atoms. The summed E-state index contributed by atoms with van der Waals surface area (Å²) in [4.78, 5) is 3.89. The summed E-state index contributed by atoms with van der Waals surface area (Å²) < 4.78 is 27.0. The van der Waals surface area contributed by atoms with E-state index in [-0.39, 0.29) is 23.7 Å². The first-order valence-electron chi connectivity index (χ1n) is 6.63. The zero-order valence-corrected chi connectivity index (χ0v) is 10.9. The Balaban J connectivity index is 2.04. The molecule has 2 unspecified atom stereocenters. The first-order chi connectivity index (χ1) is 9.11. The van der Waals surface area contributed by atoms with Crippen LogP contribution >= 0.6 is 0 Å². The Morgan fingerprint density at radius 3 is 2.53 bits per heavy atom. The van der Waals surface area contributed by atoms with Gasteiger partial charge in [0, 0.05) is 25.1 Å². The van der Waals surface area contributed by atoms with E-state index in [0.29, 0.717) is 13.1 Å². The summed E-state index contributed by atoms with van der Waals surface area (Å²) in [7, 11) is 0. The molecule has 4 nitrogen and oxygen atoms in total. The zero-order valence-electron chi connectivity index (χ0n) is 10.9. The third-order valence-electron chi connectivity index (χ3n) is 3.42. The van der Waals surface area contributed by atoms with Crippen molar-refractivity contribution in [1.29, 1.82) is 0 Å². The first kappa shape index (κ1) is 14.0. The van der Waals surface area contributed by atoms with Crippen LogP contribution in [0.3, 0.4) is 0 Å². The summed E-state index contributed by atoms with van der Waals surface area (Å²) in [5.41, 5.74) is 0. The fourth-order valence-electron chi connectivity index (χ4n) is 2.37. The number of hydrogen-bond donors (Lipinski definition) is 3. The van der Waals surface area contributed by atoms with Gasteiger partial charge in [-0.2, -0.15) is 0 Å². The molecule has 0 aromatic carbocycles. The molecule has 1 aromatic rings. The summed E-state index contributed by atoms with van der Waals surface area (Å²) in [6, 6.07) is 0.818. The Labute approximate surface area is 111 Å². The van der Waals surface area contributed by atoms with Crippen LogP contribution in [0.1, 0.15) is 26.2 Å². The molecule has 0 spiro atoms. The smallest absolute Gasteiger partial charge is 0.168 e. The van der Waals surface area contributed by atoms with Crippen LogP contribution in [0.4, 0.5) is 20.4 Å². The van der Waals surface area contributed by atoms with E-state index in [1.807, 2.05) is 6.92 Å². The summed E-state index contributed by atoms with van der Waals surface area (Å²) >= 11 is 0. The average Bonchev–Trinajstić information content (AvgIpc) is 2.77. The van der Waals surface area contributed by atoms with Gasteiger partial charge in [-0.05, 0) is 19.8 Å². The molecule has 1 aliphatic rings. The van der Waals surface area contributed by atoms with Crippen molar-refractivity contribution in [2.24, 2.45) is 5.92 Å². The van der Waals surface area contributed by atoms with Gasteiger partial charge in [-0.3, -0.25) is 0 Å². The van der Waals surface area contributed by atoms with Gasteiger partial charge in [0.25, 0.3) is 0 Å². The second kappa shape index (κ2) is 6.14. The molecule has 0 amide bonds. The number of rotatable bonds is 5. The minimum Gasteiger partial charge on any atom is -0.393 e. The maximum atomic E-state index is 13.6. The van der Waals surface area contributed by atoms with E-state index < -0.39 is 11.6 Å². The van der Waals surface area contributed by atoms with Crippen LogP contribution in [-0.2, 0) is 0 Å². The predicted octanol–water partition coefficient (Wildman–Crippen LogP) is 2.36. The Bertz CT molecular complexity index is 442. The van der Waals surface area contributed by atoms with Crippen LogP contribution in [0.5, 0.6) is 0 Å². The molecule has 1 fully saturated rings. The predicted molar refractivity (Wildman–Crippen MR) is 70.2 cm³/mol. The van der Waals surface area contributed by atoms with Crippen molar-refractivity contribution >= 4 is 11.6 Å². The summed E-state index contributed by atoms with van der Waals surface area (Å²) in [5, 5.41) is 15.3. The van der Waals surface area contributed by atoms with Crippen LogP contribution < -0.4 is 10.6 Å². The van der Waals surface area contributed by atoms with Gasteiger partial charge in [0.1, 0.15) is 0 Å². The Kier molecular flexibility index (Phi) is 4.52. The van der Waals surface area contributed by atoms with E-state index in [4.69, 9.17) is 0 Å². The van der Waals surface area contributed by atoms with Crippen molar-refractivity contribution in [2.45, 2.75) is 32.3 Å². The van der Waals surface area contributed by atoms with E-state index in [1.54, 1.807) is 0 Å². The van der Waals surface area contributed by atoms with Crippen molar-refractivity contribution in [3.8, 4) is 0 Å². The zero-order chi connectivity index (χ0) is 13.8. The highest BCUT2D eigenvalue weighted by Crippen LogP contribution is 2.26. The van der Waals surface area contributed by atoms with Crippen molar-refractivity contribution < 1.29 is 13.9 Å². The van der Waals surface area contributed by atoms with E-state index >= 15 is 0 Å². The number of nitrogens with one attached hydrogen (secondary N) is 2. The van der Waals surface area contributed by atoms with Gasteiger partial charge < -0.3 is 15.7 Å². The topological polar surface area (TPSA) is 57.2 Å². The standard InChI is InChI=1S/C13H19F2N3O/c1-2-16-12-9(14)6-10(15)13(18-12)17-7-8-4-3-5-11(8)19/h6,8,11,19H,2-5,7H2,1H3,(H2,16,17,18). The van der Waals surface area contributed by atoms with Crippen molar-refractivity contribution in [3.05, 3.63) is 17.7 Å². The molecule has 2 atom stereocenters. The molecule has 19 heavy (non-hydrogen) atoms. The van der Waals surface area contributed by atoms with Crippen LogP contribution in [-0.4, -0.2) is 29.3 Å². The summed E-state index contributed by atoms with van der Waals surface area (Å²) in [6.45, 7) is 2.77. The maximum Gasteiger partial charge on any atom is 0.168 e. The van der Waals surface area contributed by atoms with Gasteiger partial charge in [-0.15, -0.1) is 0 Å². The molecule has 3 N–H and O–H groups in total. The van der Waals surface area contributed by atoms with E-state index in [9.17, 15) is 13.9 Å². The highest BCUT2D eigenvalue weighted by Gasteiger charge is 2.25. The van der Waals surface area contributed by atoms with Crippen molar-refractivity contribution in [3.63, 3.8) is 0 Å². The number of aliphatic hydroxyl groups is 1. The average molecular weight is 271 g/mol. The van der Waals surface area contributed by atoms with Crippen molar-refractivity contribution in [1.82, 2.24) is 4.98 Å². The third-order valence-corrected chi connectivity index (χ3v) is 3.42. The van der Waals surface area contributed by atoms with Gasteiger partial charge >= 0.3 is 0 Å². The Morgan fingerprint density at radius 2 is 1.95 bits per heavy atom. The fraction of sp³-hybridized carbons (Fsp3) is 0.615. The van der Waals surface area contributed by atoms with Crippen LogP contribution in [0.2, 0.25) is 0 Å². The highest BCUT2D eigenvalue weighted by molar-refractivity contribution is 5.47. The van der Waals surface area contributed by atoms with Crippen molar-refractivity contribution in [2.75, 3.05) is 23.7 Å². The lowest BCUT2D eigenvalue weighted by molar-refractivity contribution is 0.138. The third kappa shape index (κ3) is 3.32.